The van der Waals surface area contributed by atoms with Gasteiger partial charge in [-0.05, 0) is 48.5 Å². The van der Waals surface area contributed by atoms with E-state index >= 15 is 0 Å². The third-order valence-corrected chi connectivity index (χ3v) is 5.40. The molecule has 0 saturated carbocycles. The van der Waals surface area contributed by atoms with Crippen molar-refractivity contribution in [3.8, 4) is 5.69 Å². The van der Waals surface area contributed by atoms with Crippen LogP contribution >= 0.6 is 11.6 Å². The molecule has 2 heterocycles. The highest BCUT2D eigenvalue weighted by Gasteiger charge is 2.15. The van der Waals surface area contributed by atoms with Crippen LogP contribution in [0.5, 0.6) is 0 Å². The molecule has 7 heteroatoms. The van der Waals surface area contributed by atoms with Crippen LogP contribution in [0.3, 0.4) is 0 Å². The van der Waals surface area contributed by atoms with Crippen molar-refractivity contribution in [3.05, 3.63) is 100 Å². The third kappa shape index (κ3) is 3.47. The second-order valence-corrected chi connectivity index (χ2v) is 7.55. The summed E-state index contributed by atoms with van der Waals surface area (Å²) in [5.74, 6) is -0.241. The average molecular weight is 429 g/mol. The number of amides is 1. The molecule has 0 aliphatic carbocycles. The molecule has 0 bridgehead atoms. The Kier molecular flexibility index (Phi) is 4.76. The van der Waals surface area contributed by atoms with Crippen LogP contribution in [-0.4, -0.2) is 20.3 Å². The average Bonchev–Trinajstić information content (AvgIpc) is 3.31. The first-order valence-electron chi connectivity index (χ1n) is 9.71. The first-order chi connectivity index (χ1) is 15.1. The van der Waals surface area contributed by atoms with Crippen molar-refractivity contribution >= 4 is 45.0 Å². The number of carbonyl (C=O) groups is 1. The lowest BCUT2D eigenvalue weighted by Gasteiger charge is -2.16. The second-order valence-electron chi connectivity index (χ2n) is 7.11. The maximum atomic E-state index is 13.1. The molecule has 31 heavy (non-hydrogen) atoms. The van der Waals surface area contributed by atoms with E-state index < -0.39 is 0 Å². The summed E-state index contributed by atoms with van der Waals surface area (Å²) in [6.07, 6.45) is 3.46. The zero-order chi connectivity index (χ0) is 21.4. The molecule has 6 nitrogen and oxygen atoms in total. The van der Waals surface area contributed by atoms with E-state index in [9.17, 15) is 9.59 Å². The summed E-state index contributed by atoms with van der Waals surface area (Å²) in [5.41, 5.74) is 2.63. The zero-order valence-electron chi connectivity index (χ0n) is 16.3. The fourth-order valence-corrected chi connectivity index (χ4v) is 3.97. The number of hydrogen-bond acceptors (Lipinski definition) is 3. The summed E-state index contributed by atoms with van der Waals surface area (Å²) < 4.78 is 3.52. The number of nitrogens with one attached hydrogen (secondary N) is 1. The van der Waals surface area contributed by atoms with E-state index in [2.05, 4.69) is 10.4 Å². The Labute approximate surface area is 182 Å². The lowest BCUT2D eigenvalue weighted by Crippen LogP contribution is -2.22. The Balaban J connectivity index is 1.57. The monoisotopic (exact) mass is 428 g/mol. The fourth-order valence-electron chi connectivity index (χ4n) is 3.80. The maximum absolute atomic E-state index is 13.1. The normalized spacial score (nSPS) is 11.1. The van der Waals surface area contributed by atoms with Crippen molar-refractivity contribution in [2.24, 2.45) is 0 Å². The highest BCUT2D eigenvalue weighted by Crippen LogP contribution is 2.25. The molecule has 0 saturated heterocycles. The van der Waals surface area contributed by atoms with E-state index in [0.29, 0.717) is 38.2 Å². The van der Waals surface area contributed by atoms with Crippen molar-refractivity contribution in [2.75, 3.05) is 5.32 Å². The number of anilines is 1. The lowest BCUT2D eigenvalue weighted by molar-refractivity contribution is -0.116. The van der Waals surface area contributed by atoms with Crippen LogP contribution in [0.25, 0.3) is 27.5 Å². The minimum absolute atomic E-state index is 0.0341. The Hall–Kier alpha value is -3.90. The summed E-state index contributed by atoms with van der Waals surface area (Å²) in [6, 6.07) is 21.7. The number of fused-ring (bicyclic) bond motifs is 2. The Bertz CT molecular complexity index is 1430. The smallest absolute Gasteiger partial charge is 0.244 e. The SMILES string of the molecule is O=C(Cn1c2ccccc2c(=O)c2ccccc21)Nc1cc(Cl)ccc1-n1cccn1. The number of rotatable bonds is 4. The van der Waals surface area contributed by atoms with Gasteiger partial charge in [0.1, 0.15) is 6.54 Å². The van der Waals surface area contributed by atoms with E-state index in [1.54, 1.807) is 53.5 Å². The highest BCUT2D eigenvalue weighted by molar-refractivity contribution is 6.31. The zero-order valence-corrected chi connectivity index (χ0v) is 17.1. The minimum Gasteiger partial charge on any atom is -0.331 e. The summed E-state index contributed by atoms with van der Waals surface area (Å²) in [7, 11) is 0. The molecule has 0 radical (unpaired) electrons. The molecule has 1 N–H and O–H groups in total. The molecule has 1 amide bonds. The van der Waals surface area contributed by atoms with Gasteiger partial charge in [0.05, 0.1) is 22.4 Å². The molecule has 0 spiro atoms. The first-order valence-corrected chi connectivity index (χ1v) is 10.1. The van der Waals surface area contributed by atoms with Gasteiger partial charge in [-0.25, -0.2) is 4.68 Å². The van der Waals surface area contributed by atoms with Gasteiger partial charge in [0.2, 0.25) is 5.91 Å². The van der Waals surface area contributed by atoms with E-state index in [1.165, 1.54) is 0 Å². The topological polar surface area (TPSA) is 68.9 Å². The van der Waals surface area contributed by atoms with E-state index in [0.717, 1.165) is 0 Å². The van der Waals surface area contributed by atoms with Crippen LogP contribution in [0.1, 0.15) is 0 Å². The van der Waals surface area contributed by atoms with Gasteiger partial charge < -0.3 is 9.88 Å². The molecule has 152 valence electrons. The van der Waals surface area contributed by atoms with Crippen molar-refractivity contribution in [2.45, 2.75) is 6.54 Å². The molecular formula is C24H17ClN4O2. The summed E-state index contributed by atoms with van der Waals surface area (Å²) >= 11 is 6.17. The first kappa shape index (κ1) is 19.1. The van der Waals surface area contributed by atoms with Gasteiger partial charge in [0, 0.05) is 28.2 Å². The number of pyridine rings is 1. The van der Waals surface area contributed by atoms with Crippen molar-refractivity contribution < 1.29 is 4.79 Å². The predicted octanol–water partition coefficient (Wildman–Crippen LogP) is 4.63. The minimum atomic E-state index is -0.241. The molecule has 5 aromatic rings. The summed E-state index contributed by atoms with van der Waals surface area (Å²) in [5, 5.41) is 8.85. The van der Waals surface area contributed by atoms with Crippen LogP contribution in [0, 0.1) is 0 Å². The number of halogens is 1. The molecule has 0 aliphatic heterocycles. The number of para-hydroxylation sites is 2. The van der Waals surface area contributed by atoms with Crippen LogP contribution in [0.4, 0.5) is 5.69 Å². The Morgan fingerprint density at radius 1 is 0.935 bits per heavy atom. The number of nitrogens with zero attached hydrogens (tertiary/aromatic N) is 3. The quantitative estimate of drug-likeness (QED) is 0.424. The van der Waals surface area contributed by atoms with E-state index in [4.69, 9.17) is 11.6 Å². The van der Waals surface area contributed by atoms with Crippen molar-refractivity contribution in [1.82, 2.24) is 14.3 Å². The van der Waals surface area contributed by atoms with Gasteiger partial charge in [-0.15, -0.1) is 0 Å². The standard InChI is InChI=1S/C24H17ClN4O2/c25-16-10-11-22(29-13-5-12-26-29)19(14-16)27-23(30)15-28-20-8-3-1-6-17(20)24(31)18-7-2-4-9-21(18)28/h1-14H,15H2,(H,27,30). The summed E-state index contributed by atoms with van der Waals surface area (Å²) in [6.45, 7) is 0.0341. The lowest BCUT2D eigenvalue weighted by atomic mass is 10.1. The van der Waals surface area contributed by atoms with E-state index in [-0.39, 0.29) is 17.9 Å². The van der Waals surface area contributed by atoms with Gasteiger partial charge in [0.25, 0.3) is 0 Å². The van der Waals surface area contributed by atoms with Crippen LogP contribution < -0.4 is 10.7 Å². The summed E-state index contributed by atoms with van der Waals surface area (Å²) in [4.78, 5) is 26.0. The van der Waals surface area contributed by atoms with Crippen LogP contribution in [0.15, 0.2) is 90.0 Å². The van der Waals surface area contributed by atoms with Crippen LogP contribution in [0.2, 0.25) is 5.02 Å². The van der Waals surface area contributed by atoms with E-state index in [1.807, 2.05) is 41.0 Å². The molecule has 5 rings (SSSR count). The molecule has 0 fully saturated rings. The molecule has 2 aromatic heterocycles. The maximum Gasteiger partial charge on any atom is 0.244 e. The second kappa shape index (κ2) is 7.74. The number of hydrogen-bond donors (Lipinski definition) is 1. The van der Waals surface area contributed by atoms with Gasteiger partial charge in [-0.2, -0.15) is 5.10 Å². The molecule has 0 aliphatic rings. The van der Waals surface area contributed by atoms with Gasteiger partial charge in [-0.3, -0.25) is 9.59 Å². The third-order valence-electron chi connectivity index (χ3n) is 5.16. The number of benzene rings is 3. The fraction of sp³-hybridized carbons (Fsp3) is 0.0417. The Morgan fingerprint density at radius 3 is 2.26 bits per heavy atom. The molecular weight excluding hydrogens is 412 g/mol. The van der Waals surface area contributed by atoms with Gasteiger partial charge in [-0.1, -0.05) is 35.9 Å². The largest absolute Gasteiger partial charge is 0.331 e. The number of aromatic nitrogens is 3. The molecule has 3 aromatic carbocycles. The van der Waals surface area contributed by atoms with Gasteiger partial charge in [0.15, 0.2) is 5.43 Å². The molecule has 0 atom stereocenters. The predicted molar refractivity (Wildman–Crippen MR) is 123 cm³/mol. The highest BCUT2D eigenvalue weighted by atomic mass is 35.5. The molecule has 0 unspecified atom stereocenters. The van der Waals surface area contributed by atoms with Crippen LogP contribution in [-0.2, 0) is 11.3 Å². The van der Waals surface area contributed by atoms with Crippen molar-refractivity contribution in [3.63, 3.8) is 0 Å². The number of carbonyl (C=O) groups excluding carboxylic acids is 1. The van der Waals surface area contributed by atoms with Gasteiger partial charge >= 0.3 is 0 Å². The van der Waals surface area contributed by atoms with Crippen molar-refractivity contribution in [1.29, 1.82) is 0 Å². The Morgan fingerprint density at radius 2 is 1.61 bits per heavy atom.